The number of pyridine rings is 1. The Morgan fingerprint density at radius 1 is 1.05 bits per heavy atom. The molecule has 0 bridgehead atoms. The Labute approximate surface area is 248 Å². The maximum absolute atomic E-state index is 13.6. The Morgan fingerprint density at radius 2 is 1.74 bits per heavy atom. The first-order chi connectivity index (χ1) is 19.8. The van der Waals surface area contributed by atoms with Gasteiger partial charge in [-0.05, 0) is 37.6 Å². The number of halogens is 1. The van der Waals surface area contributed by atoms with Crippen LogP contribution in [0.2, 0.25) is 5.15 Å². The number of rotatable bonds is 7. The zero-order chi connectivity index (χ0) is 30.3. The van der Waals surface area contributed by atoms with Crippen molar-refractivity contribution in [3.8, 4) is 0 Å². The van der Waals surface area contributed by atoms with E-state index in [1.807, 2.05) is 50.0 Å². The number of aromatic nitrogens is 5. The van der Waals surface area contributed by atoms with Crippen LogP contribution < -0.4 is 25.4 Å². The van der Waals surface area contributed by atoms with Crippen LogP contribution in [0, 0.1) is 6.92 Å². The summed E-state index contributed by atoms with van der Waals surface area (Å²) >= 11 is 6.03. The lowest BCUT2D eigenvalue weighted by Crippen LogP contribution is -2.48. The van der Waals surface area contributed by atoms with E-state index in [1.54, 1.807) is 22.4 Å². The van der Waals surface area contributed by atoms with Gasteiger partial charge in [-0.2, -0.15) is 5.10 Å². The molecule has 0 aliphatic carbocycles. The largest absolute Gasteiger partial charge is 0.377 e. The molecule has 15 heteroatoms. The molecule has 4 heterocycles. The summed E-state index contributed by atoms with van der Waals surface area (Å²) in [5.74, 6) is 0.561. The maximum Gasteiger partial charge on any atom is 0.285 e. The summed E-state index contributed by atoms with van der Waals surface area (Å²) in [5.41, 5.74) is 2.08. The minimum Gasteiger partial charge on any atom is -0.377 e. The molecule has 4 aromatic rings. The predicted octanol–water partition coefficient (Wildman–Crippen LogP) is 2.21. The molecule has 0 unspecified atom stereocenters. The van der Waals surface area contributed by atoms with Gasteiger partial charge >= 0.3 is 0 Å². The van der Waals surface area contributed by atoms with Crippen molar-refractivity contribution in [2.24, 2.45) is 14.1 Å². The van der Waals surface area contributed by atoms with Gasteiger partial charge in [0.2, 0.25) is 16.0 Å². The molecule has 0 saturated carbocycles. The Kier molecular flexibility index (Phi) is 7.86. The summed E-state index contributed by atoms with van der Waals surface area (Å²) < 4.78 is 28.7. The molecule has 1 amide bonds. The van der Waals surface area contributed by atoms with Crippen molar-refractivity contribution in [1.82, 2.24) is 29.0 Å². The fourth-order valence-electron chi connectivity index (χ4n) is 5.11. The van der Waals surface area contributed by atoms with Crippen LogP contribution in [0.15, 0.2) is 41.3 Å². The number of hydrogen-bond donors (Lipinski definition) is 2. The quantitative estimate of drug-likeness (QED) is 0.297. The molecule has 1 aliphatic heterocycles. The van der Waals surface area contributed by atoms with Crippen molar-refractivity contribution < 1.29 is 13.2 Å². The molecule has 1 aliphatic rings. The number of fused-ring (bicyclic) bond motifs is 1. The van der Waals surface area contributed by atoms with E-state index in [4.69, 9.17) is 16.6 Å². The number of carbonyl (C=O) groups is 1. The fourth-order valence-corrected chi connectivity index (χ4v) is 5.69. The lowest BCUT2D eigenvalue weighted by Gasteiger charge is -2.36. The van der Waals surface area contributed by atoms with E-state index in [-0.39, 0.29) is 22.1 Å². The third-order valence-electron chi connectivity index (χ3n) is 7.11. The van der Waals surface area contributed by atoms with Gasteiger partial charge in [0.1, 0.15) is 5.15 Å². The second kappa shape index (κ2) is 11.2. The summed E-state index contributed by atoms with van der Waals surface area (Å²) in [5, 5.41) is 8.25. The fraction of sp³-hybridized carbons (Fsp3) is 0.370. The van der Waals surface area contributed by atoms with E-state index < -0.39 is 22.0 Å². The minimum absolute atomic E-state index is 0.0332. The molecular weight excluding hydrogens is 582 g/mol. The van der Waals surface area contributed by atoms with Gasteiger partial charge in [0.25, 0.3) is 11.5 Å². The van der Waals surface area contributed by atoms with Gasteiger partial charge in [0.05, 0.1) is 28.9 Å². The molecule has 42 heavy (non-hydrogen) atoms. The molecule has 1 aromatic carbocycles. The van der Waals surface area contributed by atoms with Crippen molar-refractivity contribution in [3.63, 3.8) is 0 Å². The Hall–Kier alpha value is -4.17. The van der Waals surface area contributed by atoms with Crippen LogP contribution in [0.4, 0.5) is 17.5 Å². The number of piperazine rings is 1. The van der Waals surface area contributed by atoms with E-state index in [0.29, 0.717) is 29.9 Å². The number of sulfonamides is 1. The average molecular weight is 614 g/mol. The van der Waals surface area contributed by atoms with E-state index in [1.165, 1.54) is 6.07 Å². The van der Waals surface area contributed by atoms with Crippen molar-refractivity contribution in [3.05, 3.63) is 68.9 Å². The van der Waals surface area contributed by atoms with Crippen molar-refractivity contribution in [1.29, 1.82) is 0 Å². The highest BCUT2D eigenvalue weighted by molar-refractivity contribution is 7.89. The van der Waals surface area contributed by atoms with E-state index >= 15 is 0 Å². The molecule has 5 rings (SSSR count). The lowest BCUT2D eigenvalue weighted by molar-refractivity contribution is 0.0977. The van der Waals surface area contributed by atoms with Crippen LogP contribution in [0.25, 0.3) is 10.9 Å². The topological polar surface area (TPSA) is 147 Å². The van der Waals surface area contributed by atoms with Crippen molar-refractivity contribution >= 4 is 55.9 Å². The van der Waals surface area contributed by atoms with E-state index in [9.17, 15) is 18.0 Å². The summed E-state index contributed by atoms with van der Waals surface area (Å²) in [7, 11) is -0.214. The highest BCUT2D eigenvalue weighted by Crippen LogP contribution is 2.29. The van der Waals surface area contributed by atoms with Crippen molar-refractivity contribution in [2.45, 2.75) is 19.9 Å². The number of amides is 1. The molecule has 222 valence electrons. The highest BCUT2D eigenvalue weighted by atomic mass is 35.5. The van der Waals surface area contributed by atoms with Crippen molar-refractivity contribution in [2.75, 3.05) is 47.6 Å². The number of carbonyl (C=O) groups excluding carboxylic acids is 1. The molecule has 1 fully saturated rings. The molecule has 13 nitrogen and oxygen atoms in total. The Bertz CT molecular complexity index is 1850. The molecule has 3 aromatic heterocycles. The SMILES string of the molecule is Cc1cc([C@@H](C)Nc2ccc(Cl)nc2C(=O)NS(C)(=O)=O)c2nc(N3CCN(c4ccn(C)n4)CC3)n(C)c(=O)c2c1. The molecular formula is C27H32ClN9O4S. The monoisotopic (exact) mass is 613 g/mol. The normalized spacial score (nSPS) is 14.7. The van der Waals surface area contributed by atoms with Gasteiger partial charge in [0.15, 0.2) is 11.5 Å². The Balaban J connectivity index is 1.49. The van der Waals surface area contributed by atoms with Crippen LogP contribution in [-0.2, 0) is 24.1 Å². The number of hydrogen-bond acceptors (Lipinski definition) is 10. The van der Waals surface area contributed by atoms with Gasteiger partial charge in [-0.1, -0.05) is 17.7 Å². The number of aryl methyl sites for hydroxylation is 2. The van der Waals surface area contributed by atoms with Crippen LogP contribution in [0.5, 0.6) is 0 Å². The molecule has 0 spiro atoms. The zero-order valence-electron chi connectivity index (χ0n) is 23.9. The lowest BCUT2D eigenvalue weighted by atomic mass is 10.0. The molecule has 1 atom stereocenters. The van der Waals surface area contributed by atoms with Gasteiger partial charge < -0.3 is 15.1 Å². The standard InChI is InChI=1S/C27H32ClN9O4S/c1-16-14-18(17(2)29-20-6-7-21(28)30-24(20)25(38)33-42(5,40)41)23-19(15-16)26(39)35(4)27(31-23)37-12-10-36(11-13-37)22-8-9-34(3)32-22/h6-9,14-15,17,29H,10-13H2,1-5H3,(H,33,38)/t17-/m1/s1. The first kappa shape index (κ1) is 29.3. The predicted molar refractivity (Wildman–Crippen MR) is 163 cm³/mol. The second-order valence-corrected chi connectivity index (χ2v) is 12.6. The molecule has 2 N–H and O–H groups in total. The number of anilines is 3. The first-order valence-corrected chi connectivity index (χ1v) is 15.5. The van der Waals surface area contributed by atoms with Gasteiger partial charge in [0, 0.05) is 58.1 Å². The van der Waals surface area contributed by atoms with Crippen LogP contribution >= 0.6 is 11.6 Å². The number of nitrogens with zero attached hydrogens (tertiary/aromatic N) is 7. The van der Waals surface area contributed by atoms with E-state index in [0.717, 1.165) is 36.3 Å². The average Bonchev–Trinajstić information content (AvgIpc) is 3.37. The first-order valence-electron chi connectivity index (χ1n) is 13.3. The third kappa shape index (κ3) is 6.04. The second-order valence-electron chi connectivity index (χ2n) is 10.4. The van der Waals surface area contributed by atoms with Crippen LogP contribution in [0.1, 0.15) is 34.6 Å². The summed E-state index contributed by atoms with van der Waals surface area (Å²) in [6, 6.07) is 8.34. The number of benzene rings is 1. The maximum atomic E-state index is 13.6. The summed E-state index contributed by atoms with van der Waals surface area (Å²) in [6.07, 6.45) is 2.79. The molecule has 1 saturated heterocycles. The smallest absolute Gasteiger partial charge is 0.285 e. The summed E-state index contributed by atoms with van der Waals surface area (Å²) in [6.45, 7) is 6.54. The van der Waals surface area contributed by atoms with Crippen LogP contribution in [-0.4, -0.2) is 71.1 Å². The summed E-state index contributed by atoms with van der Waals surface area (Å²) in [4.78, 5) is 39.7. The van der Waals surface area contributed by atoms with E-state index in [2.05, 4.69) is 25.2 Å². The number of nitrogens with one attached hydrogen (secondary N) is 2. The zero-order valence-corrected chi connectivity index (χ0v) is 25.5. The Morgan fingerprint density at radius 3 is 2.38 bits per heavy atom. The minimum atomic E-state index is -3.83. The van der Waals surface area contributed by atoms with Crippen LogP contribution in [0.3, 0.4) is 0 Å². The molecule has 0 radical (unpaired) electrons. The highest BCUT2D eigenvalue weighted by Gasteiger charge is 2.25. The van der Waals surface area contributed by atoms with Gasteiger partial charge in [-0.25, -0.2) is 23.1 Å². The van der Waals surface area contributed by atoms with Gasteiger partial charge in [-0.15, -0.1) is 0 Å². The third-order valence-corrected chi connectivity index (χ3v) is 7.88. The van der Waals surface area contributed by atoms with Gasteiger partial charge in [-0.3, -0.25) is 18.8 Å².